The van der Waals surface area contributed by atoms with Crippen LogP contribution in [0.5, 0.6) is 11.6 Å². The molecule has 0 aliphatic carbocycles. The monoisotopic (exact) mass is 1060 g/mol. The smallest absolute Gasteiger partial charge is 0.471 e. The Kier molecular flexibility index (Phi) is 17.6. The van der Waals surface area contributed by atoms with E-state index in [4.69, 9.17) is 10.5 Å². The Labute approximate surface area is 433 Å². The Balaban J connectivity index is 0.846. The van der Waals surface area contributed by atoms with E-state index in [1.54, 1.807) is 48.4 Å². The average Bonchev–Trinajstić information content (AvgIpc) is 4.12. The van der Waals surface area contributed by atoms with Crippen LogP contribution in [0.2, 0.25) is 0 Å². The molecule has 2 aliphatic rings. The Hall–Kier alpha value is -7.47. The Morgan fingerprint density at radius 2 is 1.65 bits per heavy atom. The predicted octanol–water partition coefficient (Wildman–Crippen LogP) is 4.64. The van der Waals surface area contributed by atoms with Crippen LogP contribution in [0.25, 0.3) is 21.7 Å². The summed E-state index contributed by atoms with van der Waals surface area (Å²) in [5.41, 5.74) is 10.5. The molecule has 5 heterocycles. The second kappa shape index (κ2) is 23.8. The van der Waals surface area contributed by atoms with Gasteiger partial charge in [-0.3, -0.25) is 28.8 Å². The number of pyridine rings is 1. The lowest BCUT2D eigenvalue weighted by Crippen LogP contribution is -2.58. The lowest BCUT2D eigenvalue weighted by molar-refractivity contribution is -0.274. The number of nitrogens with two attached hydrogens (primary N) is 1. The molecule has 3 aromatic heterocycles. The summed E-state index contributed by atoms with van der Waals surface area (Å²) < 4.78 is 64.3. The van der Waals surface area contributed by atoms with Crippen LogP contribution in [0.3, 0.4) is 0 Å². The number of ether oxygens (including phenoxy) is 2. The molecule has 7 rings (SSSR count). The number of primary amides is 1. The van der Waals surface area contributed by atoms with Gasteiger partial charge in [0.2, 0.25) is 35.4 Å². The molecule has 24 heteroatoms. The molecule has 2 aliphatic heterocycles. The maximum Gasteiger partial charge on any atom is 0.573 e. The first-order valence-electron chi connectivity index (χ1n) is 24.1. The summed E-state index contributed by atoms with van der Waals surface area (Å²) in [5.74, 6) is -4.02. The topological polar surface area (TPSA) is 253 Å². The zero-order valence-electron chi connectivity index (χ0n) is 41.6. The van der Waals surface area contributed by atoms with E-state index in [1.165, 1.54) is 40.5 Å². The number of aliphatic hydroxyl groups is 1. The molecular formula is C51H58F4N10O9S. The van der Waals surface area contributed by atoms with Gasteiger partial charge in [0.15, 0.2) is 6.17 Å². The molecule has 75 heavy (non-hydrogen) atoms. The highest BCUT2D eigenvalue weighted by Gasteiger charge is 2.44. The average molecular weight is 1060 g/mol. The number of aromatic nitrogens is 4. The third kappa shape index (κ3) is 14.9. The van der Waals surface area contributed by atoms with E-state index in [9.17, 15) is 47.0 Å². The van der Waals surface area contributed by atoms with Crippen LogP contribution < -0.4 is 31.2 Å². The quantitative estimate of drug-likeness (QED) is 0.0710. The fraction of sp³-hybridized carbons (Fsp3) is 0.431. The van der Waals surface area contributed by atoms with Crippen molar-refractivity contribution in [3.8, 4) is 33.3 Å². The normalized spacial score (nSPS) is 18.3. The molecule has 0 bridgehead atoms. The van der Waals surface area contributed by atoms with Crippen LogP contribution in [0.1, 0.15) is 73.6 Å². The summed E-state index contributed by atoms with van der Waals surface area (Å²) in [7, 11) is 0. The van der Waals surface area contributed by atoms with Crippen molar-refractivity contribution >= 4 is 46.8 Å². The highest BCUT2D eigenvalue weighted by Crippen LogP contribution is 2.31. The number of piperidine rings is 1. The first-order chi connectivity index (χ1) is 35.5. The van der Waals surface area contributed by atoms with Gasteiger partial charge in [-0.25, -0.2) is 19.3 Å². The fourth-order valence-electron chi connectivity index (χ4n) is 8.66. The molecule has 5 aromatic rings. The second-order valence-corrected chi connectivity index (χ2v) is 20.3. The number of β-amino-alcohol motifs (C(OH)–C–C–N with tert-alkyl or cyclic N) is 1. The lowest BCUT2D eigenvalue weighted by atomic mass is 9.85. The number of aliphatic hydroxyl groups excluding tert-OH is 1. The summed E-state index contributed by atoms with van der Waals surface area (Å²) in [4.78, 5) is 95.5. The molecule has 6 amide bonds. The van der Waals surface area contributed by atoms with Crippen molar-refractivity contribution in [2.45, 2.75) is 110 Å². The van der Waals surface area contributed by atoms with Crippen LogP contribution in [0.4, 0.5) is 17.6 Å². The molecule has 2 fully saturated rings. The number of alkyl halides is 4. The summed E-state index contributed by atoms with van der Waals surface area (Å²) in [6, 6.07) is 11.9. The van der Waals surface area contributed by atoms with Crippen molar-refractivity contribution in [3.63, 3.8) is 0 Å². The van der Waals surface area contributed by atoms with Crippen molar-refractivity contribution in [1.29, 1.82) is 0 Å². The molecule has 400 valence electrons. The zero-order chi connectivity index (χ0) is 54.2. The number of likely N-dealkylation sites (tertiary alicyclic amines) is 2. The van der Waals surface area contributed by atoms with E-state index in [-0.39, 0.29) is 63.3 Å². The van der Waals surface area contributed by atoms with E-state index in [0.717, 1.165) is 33.8 Å². The second-order valence-electron chi connectivity index (χ2n) is 19.4. The lowest BCUT2D eigenvalue weighted by Gasteiger charge is -2.35. The minimum absolute atomic E-state index is 0.0273. The molecule has 0 radical (unpaired) electrons. The van der Waals surface area contributed by atoms with E-state index >= 15 is 4.39 Å². The number of nitrogens with one attached hydrogen (secondary N) is 3. The number of hydrogen-bond acceptors (Lipinski definition) is 13. The molecule has 2 saturated heterocycles. The number of hydrogen-bond donors (Lipinski definition) is 5. The van der Waals surface area contributed by atoms with Gasteiger partial charge in [0.1, 0.15) is 29.5 Å². The SMILES string of the molecule is Cc1ncsc1-c1ccc(CNC(=O)[C@H]2C[C@@H](O)CN2C(=O)[C@H](NC(=O)CNC(=O)CCCn2cnc(-c3cnc(O[C@@H]4CCN(C(=O)Cc5ccc(OC(F)(F)F)cc5)C[C@H]4F)c(C(N)=O)c3)c2)C(C)(C)C)cc1. The van der Waals surface area contributed by atoms with Gasteiger partial charge >= 0.3 is 6.36 Å². The van der Waals surface area contributed by atoms with Crippen molar-refractivity contribution in [2.24, 2.45) is 11.1 Å². The third-order valence-corrected chi connectivity index (χ3v) is 13.6. The number of benzene rings is 2. The van der Waals surface area contributed by atoms with Gasteiger partial charge in [0.05, 0.1) is 53.7 Å². The van der Waals surface area contributed by atoms with Crippen LogP contribution in [-0.4, -0.2) is 133 Å². The first-order valence-corrected chi connectivity index (χ1v) is 25.0. The van der Waals surface area contributed by atoms with E-state index in [0.29, 0.717) is 29.8 Å². The van der Waals surface area contributed by atoms with Crippen LogP contribution in [0, 0.1) is 12.3 Å². The van der Waals surface area contributed by atoms with Crippen molar-refractivity contribution in [1.82, 2.24) is 45.3 Å². The molecule has 6 N–H and O–H groups in total. The highest BCUT2D eigenvalue weighted by atomic mass is 32.1. The maximum absolute atomic E-state index is 15.4. The molecule has 19 nitrogen and oxygen atoms in total. The van der Waals surface area contributed by atoms with Crippen molar-refractivity contribution in [3.05, 3.63) is 101 Å². The third-order valence-electron chi connectivity index (χ3n) is 12.6. The number of carbonyl (C=O) groups excluding carboxylic acids is 6. The predicted molar refractivity (Wildman–Crippen MR) is 265 cm³/mol. The molecule has 0 spiro atoms. The largest absolute Gasteiger partial charge is 0.573 e. The Morgan fingerprint density at radius 3 is 2.31 bits per heavy atom. The van der Waals surface area contributed by atoms with Crippen molar-refractivity contribution in [2.75, 3.05) is 26.2 Å². The number of imidazole rings is 1. The number of nitrogens with zero attached hydrogens (tertiary/aromatic N) is 6. The van der Waals surface area contributed by atoms with Crippen molar-refractivity contribution < 1.29 is 60.9 Å². The Bertz CT molecular complexity index is 2860. The number of carbonyl (C=O) groups is 6. The van der Waals surface area contributed by atoms with Crippen LogP contribution >= 0.6 is 11.3 Å². The molecular weight excluding hydrogens is 1000 g/mol. The summed E-state index contributed by atoms with van der Waals surface area (Å²) in [5, 5.41) is 18.8. The molecule has 0 saturated carbocycles. The number of thiazole rings is 1. The standard InChI is InChI=1S/C51H58F4N10O9S/c1-29-44(75-28-61-29)32-11-7-31(8-12-32)21-58-47(71)39-20-34(66)24-65(39)49(72)45(50(2,3)4)62-42(68)23-57-41(67)6-5-16-63-26-38(60-27-63)33-19-36(46(56)70)48(59-22-33)73-40-15-17-64(25-37(40)52)43(69)18-30-9-13-35(14-10-30)74-51(53,54)55/h7-14,19,22,26-28,34,37,39-40,45,66H,5-6,15-18,20-21,23-25H2,1-4H3,(H2,56,70)(H,57,67)(H,58,71)(H,62,68)/t34-,37-,39-,40-,45+/m1/s1. The van der Waals surface area contributed by atoms with Gasteiger partial charge in [0.25, 0.3) is 5.91 Å². The number of amides is 6. The minimum Gasteiger partial charge on any atom is -0.471 e. The van der Waals surface area contributed by atoms with Gasteiger partial charge in [-0.15, -0.1) is 24.5 Å². The number of rotatable bonds is 19. The summed E-state index contributed by atoms with van der Waals surface area (Å²) in [6.45, 7) is 7.00. The number of aryl methyl sites for hydroxylation is 2. The van der Waals surface area contributed by atoms with E-state index in [2.05, 4.69) is 35.6 Å². The van der Waals surface area contributed by atoms with Gasteiger partial charge in [-0.2, -0.15) is 0 Å². The minimum atomic E-state index is -4.86. The maximum atomic E-state index is 15.4. The van der Waals surface area contributed by atoms with Gasteiger partial charge in [-0.05, 0) is 53.6 Å². The van der Waals surface area contributed by atoms with Crippen LogP contribution in [0.15, 0.2) is 78.8 Å². The number of halogens is 4. The molecule has 0 unspecified atom stereocenters. The fourth-order valence-corrected chi connectivity index (χ4v) is 9.47. The van der Waals surface area contributed by atoms with E-state index < -0.39 is 90.0 Å². The van der Waals surface area contributed by atoms with Gasteiger partial charge < -0.3 is 50.6 Å². The molecule has 5 atom stereocenters. The summed E-state index contributed by atoms with van der Waals surface area (Å²) >= 11 is 1.54. The highest BCUT2D eigenvalue weighted by molar-refractivity contribution is 7.13. The summed E-state index contributed by atoms with van der Waals surface area (Å²) in [6.07, 6.45) is -3.76. The van der Waals surface area contributed by atoms with Crippen LogP contribution in [-0.2, 0) is 43.5 Å². The Morgan fingerprint density at radius 1 is 0.933 bits per heavy atom. The molecule has 2 aromatic carbocycles. The zero-order valence-corrected chi connectivity index (χ0v) is 42.4. The van der Waals surface area contributed by atoms with E-state index in [1.807, 2.05) is 31.2 Å². The van der Waals surface area contributed by atoms with Gasteiger partial charge in [0, 0.05) is 63.4 Å². The van der Waals surface area contributed by atoms with Gasteiger partial charge in [-0.1, -0.05) is 57.2 Å². The first kappa shape index (κ1) is 55.3.